The Kier molecular flexibility index (Phi) is 6.68. The van der Waals surface area contributed by atoms with Gasteiger partial charge in [0.15, 0.2) is 0 Å². The van der Waals surface area contributed by atoms with Gasteiger partial charge in [-0.2, -0.15) is 0 Å². The van der Waals surface area contributed by atoms with Crippen molar-refractivity contribution in [3.63, 3.8) is 0 Å². The van der Waals surface area contributed by atoms with E-state index in [4.69, 9.17) is 0 Å². The average Bonchev–Trinajstić information content (AvgIpc) is 3.37. The number of rotatable bonds is 8. The molecule has 0 bridgehead atoms. The summed E-state index contributed by atoms with van der Waals surface area (Å²) >= 11 is 1.73. The summed E-state index contributed by atoms with van der Waals surface area (Å²) in [5.74, 6) is 0.666. The van der Waals surface area contributed by atoms with Gasteiger partial charge in [0.25, 0.3) is 0 Å². The number of benzene rings is 2. The molecule has 2 aromatic carbocycles. The molecule has 2 aliphatic heterocycles. The van der Waals surface area contributed by atoms with Crippen LogP contribution in [0, 0.1) is 0 Å². The van der Waals surface area contributed by atoms with E-state index in [2.05, 4.69) is 48.3 Å². The summed E-state index contributed by atoms with van der Waals surface area (Å²) in [5, 5.41) is 3.19. The topological polar surface area (TPSA) is 52.7 Å². The number of thioether (sulfide) groups is 1. The number of hydrogen-bond acceptors (Lipinski definition) is 4. The maximum absolute atomic E-state index is 13.3. The third kappa shape index (κ3) is 4.11. The van der Waals surface area contributed by atoms with Crippen molar-refractivity contribution in [2.24, 2.45) is 0 Å². The minimum Gasteiger partial charge on any atom is -0.352 e. The van der Waals surface area contributed by atoms with E-state index in [-0.39, 0.29) is 17.9 Å². The lowest BCUT2D eigenvalue weighted by molar-refractivity contribution is -0.138. The zero-order valence-corrected chi connectivity index (χ0v) is 19.1. The Morgan fingerprint density at radius 2 is 1.77 bits per heavy atom. The lowest BCUT2D eigenvalue weighted by atomic mass is 10.0. The van der Waals surface area contributed by atoms with E-state index >= 15 is 0 Å². The monoisotopic (exact) mass is 437 g/mol. The van der Waals surface area contributed by atoms with Crippen LogP contribution in [0.1, 0.15) is 43.9 Å². The molecule has 2 heterocycles. The van der Waals surface area contributed by atoms with Gasteiger partial charge in [-0.3, -0.25) is 14.5 Å². The molecule has 0 aromatic heterocycles. The van der Waals surface area contributed by atoms with Crippen LogP contribution in [0.3, 0.4) is 0 Å². The Bertz CT molecular complexity index is 903. The molecule has 2 aromatic rings. The van der Waals surface area contributed by atoms with Crippen molar-refractivity contribution in [2.75, 3.05) is 25.4 Å². The van der Waals surface area contributed by atoms with E-state index < -0.39 is 10.9 Å². The van der Waals surface area contributed by atoms with Crippen LogP contribution in [0.15, 0.2) is 60.7 Å². The Morgan fingerprint density at radius 3 is 2.42 bits per heavy atom. The maximum Gasteiger partial charge on any atom is 0.243 e. The largest absolute Gasteiger partial charge is 0.352 e. The van der Waals surface area contributed by atoms with Gasteiger partial charge < -0.3 is 10.2 Å². The fourth-order valence-electron chi connectivity index (χ4n) is 4.95. The molecule has 0 radical (unpaired) electrons. The summed E-state index contributed by atoms with van der Waals surface area (Å²) < 4.78 is 0. The number of nitrogens with zero attached hydrogens (tertiary/aromatic N) is 2. The van der Waals surface area contributed by atoms with E-state index in [1.54, 1.807) is 11.8 Å². The number of carbonyl (C=O) groups is 2. The van der Waals surface area contributed by atoms with Crippen molar-refractivity contribution in [3.8, 4) is 0 Å². The number of fused-ring (bicyclic) bond motifs is 1. The summed E-state index contributed by atoms with van der Waals surface area (Å²) in [6, 6.07) is 20.2. The summed E-state index contributed by atoms with van der Waals surface area (Å²) in [7, 11) is 0. The van der Waals surface area contributed by atoms with Crippen molar-refractivity contribution >= 4 is 23.6 Å². The molecular formula is C25H31N3O2S. The van der Waals surface area contributed by atoms with E-state index in [1.807, 2.05) is 41.3 Å². The highest BCUT2D eigenvalue weighted by molar-refractivity contribution is 8.00. The van der Waals surface area contributed by atoms with Crippen LogP contribution in [0.4, 0.5) is 0 Å². The van der Waals surface area contributed by atoms with E-state index in [0.717, 1.165) is 25.1 Å². The van der Waals surface area contributed by atoms with Gasteiger partial charge in [-0.15, -0.1) is 11.8 Å². The molecule has 0 spiro atoms. The molecular weight excluding hydrogens is 406 g/mol. The van der Waals surface area contributed by atoms with Gasteiger partial charge in [0.05, 0.1) is 6.04 Å². The smallest absolute Gasteiger partial charge is 0.243 e. The molecule has 5 nitrogen and oxygen atoms in total. The molecule has 3 atom stereocenters. The predicted octanol–water partition coefficient (Wildman–Crippen LogP) is 3.78. The van der Waals surface area contributed by atoms with E-state index in [1.165, 1.54) is 5.56 Å². The highest BCUT2D eigenvalue weighted by Gasteiger charge is 2.56. The standard InChI is InChI=1S/C25H31N3O2S/c1-3-27(4-2)21(19-11-7-5-8-12-19)17-26-24(30)22-18-31-25(16-15-23(29)28(22)25)20-13-9-6-10-14-20/h5-14,21-22H,3-4,15-18H2,1-2H3,(H,26,30)/t21-,22+,25+/m1/s1. The first kappa shape index (κ1) is 21.9. The quantitative estimate of drug-likeness (QED) is 0.683. The van der Waals surface area contributed by atoms with E-state index in [9.17, 15) is 9.59 Å². The lowest BCUT2D eigenvalue weighted by Crippen LogP contribution is -2.51. The molecule has 4 rings (SSSR count). The highest BCUT2D eigenvalue weighted by atomic mass is 32.2. The molecule has 1 N–H and O–H groups in total. The molecule has 0 unspecified atom stereocenters. The molecule has 2 aliphatic rings. The first-order chi connectivity index (χ1) is 15.1. The molecule has 2 fully saturated rings. The third-order valence-corrected chi connectivity index (χ3v) is 8.16. The second-order valence-corrected chi connectivity index (χ2v) is 9.43. The van der Waals surface area contributed by atoms with Crippen molar-refractivity contribution in [1.29, 1.82) is 0 Å². The van der Waals surface area contributed by atoms with Crippen LogP contribution < -0.4 is 5.32 Å². The first-order valence-corrected chi connectivity index (χ1v) is 12.2. The van der Waals surface area contributed by atoms with Crippen LogP contribution in [0.5, 0.6) is 0 Å². The van der Waals surface area contributed by atoms with Crippen molar-refractivity contribution < 1.29 is 9.59 Å². The van der Waals surface area contributed by atoms with Gasteiger partial charge >= 0.3 is 0 Å². The Morgan fingerprint density at radius 1 is 1.13 bits per heavy atom. The number of hydrogen-bond donors (Lipinski definition) is 1. The zero-order chi connectivity index (χ0) is 21.8. The van der Waals surface area contributed by atoms with E-state index in [0.29, 0.717) is 18.7 Å². The Hall–Kier alpha value is -2.31. The fourth-order valence-corrected chi connectivity index (χ4v) is 6.60. The molecule has 6 heteroatoms. The first-order valence-electron chi connectivity index (χ1n) is 11.2. The average molecular weight is 438 g/mol. The van der Waals surface area contributed by atoms with Gasteiger partial charge in [0.1, 0.15) is 10.9 Å². The Balaban J connectivity index is 1.51. The van der Waals surface area contributed by atoms with Gasteiger partial charge in [0.2, 0.25) is 11.8 Å². The summed E-state index contributed by atoms with van der Waals surface area (Å²) in [6.45, 7) is 6.64. The van der Waals surface area contributed by atoms with Crippen LogP contribution in [0.2, 0.25) is 0 Å². The maximum atomic E-state index is 13.3. The van der Waals surface area contributed by atoms with Gasteiger partial charge in [0, 0.05) is 18.7 Å². The summed E-state index contributed by atoms with van der Waals surface area (Å²) in [4.78, 5) is 29.9. The fraction of sp³-hybridized carbons (Fsp3) is 0.440. The molecule has 31 heavy (non-hydrogen) atoms. The van der Waals surface area contributed by atoms with Gasteiger partial charge in [-0.05, 0) is 30.6 Å². The van der Waals surface area contributed by atoms with Gasteiger partial charge in [-0.25, -0.2) is 0 Å². The molecule has 2 amide bonds. The van der Waals surface area contributed by atoms with Crippen molar-refractivity contribution in [2.45, 2.75) is 43.6 Å². The third-order valence-electron chi connectivity index (χ3n) is 6.56. The zero-order valence-electron chi connectivity index (χ0n) is 18.3. The number of carbonyl (C=O) groups excluding carboxylic acids is 2. The number of likely N-dealkylation sites (N-methyl/N-ethyl adjacent to an activating group) is 1. The SMILES string of the molecule is CCN(CC)[C@H](CNC(=O)[C@@H]1CS[C@]2(c3ccccc3)CCC(=O)N12)c1ccccc1. The number of nitrogens with one attached hydrogen (secondary N) is 1. The molecule has 164 valence electrons. The highest BCUT2D eigenvalue weighted by Crippen LogP contribution is 2.54. The van der Waals surface area contributed by atoms with Crippen molar-refractivity contribution in [1.82, 2.24) is 15.1 Å². The Labute approximate surface area is 189 Å². The number of amides is 2. The summed E-state index contributed by atoms with van der Waals surface area (Å²) in [5.41, 5.74) is 2.31. The van der Waals surface area contributed by atoms with Crippen molar-refractivity contribution in [3.05, 3.63) is 71.8 Å². The molecule has 0 saturated carbocycles. The van der Waals surface area contributed by atoms with Crippen LogP contribution in [-0.4, -0.2) is 53.0 Å². The van der Waals surface area contributed by atoms with Gasteiger partial charge in [-0.1, -0.05) is 74.5 Å². The minimum absolute atomic E-state index is 0.0476. The van der Waals surface area contributed by atoms with Crippen LogP contribution in [0.25, 0.3) is 0 Å². The summed E-state index contributed by atoms with van der Waals surface area (Å²) in [6.07, 6.45) is 1.26. The molecule has 0 aliphatic carbocycles. The second kappa shape index (κ2) is 9.45. The normalized spacial score (nSPS) is 23.8. The van der Waals surface area contributed by atoms with Crippen LogP contribution in [-0.2, 0) is 14.5 Å². The molecule has 2 saturated heterocycles. The lowest BCUT2D eigenvalue weighted by Gasteiger charge is -2.34. The van der Waals surface area contributed by atoms with Crippen LogP contribution >= 0.6 is 11.8 Å². The minimum atomic E-state index is -0.423. The second-order valence-electron chi connectivity index (χ2n) is 8.13. The predicted molar refractivity (Wildman–Crippen MR) is 126 cm³/mol.